The molecule has 1 aliphatic rings. The van der Waals surface area contributed by atoms with Crippen molar-refractivity contribution in [3.8, 4) is 0 Å². The third-order valence-corrected chi connectivity index (χ3v) is 4.65. The normalized spacial score (nSPS) is 14.8. The first-order valence-electron chi connectivity index (χ1n) is 7.37. The van der Waals surface area contributed by atoms with Gasteiger partial charge in [-0.15, -0.1) is 0 Å². The molecule has 2 nitrogen and oxygen atoms in total. The summed E-state index contributed by atoms with van der Waals surface area (Å²) in [6, 6.07) is 3.11. The lowest BCUT2D eigenvalue weighted by Gasteiger charge is -2.36. The summed E-state index contributed by atoms with van der Waals surface area (Å²) in [7, 11) is 0. The molecule has 0 unspecified atom stereocenters. The molecule has 0 saturated heterocycles. The lowest BCUT2D eigenvalue weighted by Crippen LogP contribution is -2.44. The number of nitrogens with zero attached hydrogens (tertiary/aromatic N) is 1. The van der Waals surface area contributed by atoms with Crippen LogP contribution in [-0.4, -0.2) is 23.4 Å². The molecule has 0 N–H and O–H groups in total. The van der Waals surface area contributed by atoms with Gasteiger partial charge in [-0.2, -0.15) is 0 Å². The minimum absolute atomic E-state index is 0.0154. The minimum Gasteiger partial charge on any atom is -0.335 e. The second kappa shape index (κ2) is 6.70. The highest BCUT2D eigenvalue weighted by Crippen LogP contribution is 2.30. The molecule has 1 aromatic carbocycles. The minimum atomic E-state index is -0.353. The molecule has 0 aliphatic carbocycles. The summed E-state index contributed by atoms with van der Waals surface area (Å²) in [4.78, 5) is 14.6. The molecular formula is C16H21BrFNO. The molecule has 2 rings (SSSR count). The van der Waals surface area contributed by atoms with Crippen LogP contribution in [0.15, 0.2) is 16.6 Å². The van der Waals surface area contributed by atoms with Crippen molar-refractivity contribution >= 4 is 21.8 Å². The van der Waals surface area contributed by atoms with Gasteiger partial charge in [0.2, 0.25) is 0 Å². The fourth-order valence-corrected chi connectivity index (χ4v) is 3.64. The molecule has 1 amide bonds. The molecule has 4 heteroatoms. The van der Waals surface area contributed by atoms with Gasteiger partial charge >= 0.3 is 0 Å². The summed E-state index contributed by atoms with van der Waals surface area (Å²) in [6.45, 7) is 5.02. The van der Waals surface area contributed by atoms with Crippen molar-refractivity contribution < 1.29 is 9.18 Å². The summed E-state index contributed by atoms with van der Waals surface area (Å²) >= 11 is 3.37. The highest BCUT2D eigenvalue weighted by Gasteiger charge is 2.30. The Labute approximate surface area is 128 Å². The third-order valence-electron chi connectivity index (χ3n) is 3.94. The smallest absolute Gasteiger partial charge is 0.254 e. The van der Waals surface area contributed by atoms with Crippen molar-refractivity contribution in [1.29, 1.82) is 0 Å². The molecule has 1 aromatic rings. The Morgan fingerprint density at radius 1 is 1.30 bits per heavy atom. The zero-order chi connectivity index (χ0) is 14.7. The van der Waals surface area contributed by atoms with E-state index in [-0.39, 0.29) is 17.8 Å². The molecule has 1 heterocycles. The topological polar surface area (TPSA) is 20.3 Å². The number of fused-ring (bicyclic) bond motifs is 1. The summed E-state index contributed by atoms with van der Waals surface area (Å²) in [5, 5.41) is 0. The van der Waals surface area contributed by atoms with Crippen LogP contribution in [0.25, 0.3) is 0 Å². The number of hydrogen-bond donors (Lipinski definition) is 0. The van der Waals surface area contributed by atoms with Gasteiger partial charge in [0.25, 0.3) is 5.91 Å². The number of hydrogen-bond acceptors (Lipinski definition) is 1. The van der Waals surface area contributed by atoms with E-state index in [1.54, 1.807) is 0 Å². The van der Waals surface area contributed by atoms with Crippen LogP contribution in [0.5, 0.6) is 0 Å². The number of amides is 1. The van der Waals surface area contributed by atoms with Crippen LogP contribution in [0, 0.1) is 5.82 Å². The first-order valence-corrected chi connectivity index (χ1v) is 8.16. The van der Waals surface area contributed by atoms with Gasteiger partial charge in [0.15, 0.2) is 0 Å². The maximum Gasteiger partial charge on any atom is 0.254 e. The second-order valence-corrected chi connectivity index (χ2v) is 6.25. The molecular weight excluding hydrogens is 321 g/mol. The largest absolute Gasteiger partial charge is 0.335 e. The Balaban J connectivity index is 2.30. The molecule has 1 aliphatic heterocycles. The highest BCUT2D eigenvalue weighted by molar-refractivity contribution is 9.10. The monoisotopic (exact) mass is 341 g/mol. The maximum atomic E-state index is 13.6. The Kier molecular flexibility index (Phi) is 5.19. The molecule has 110 valence electrons. The van der Waals surface area contributed by atoms with E-state index in [9.17, 15) is 9.18 Å². The van der Waals surface area contributed by atoms with Crippen molar-refractivity contribution in [3.05, 3.63) is 33.5 Å². The number of benzene rings is 1. The van der Waals surface area contributed by atoms with E-state index in [4.69, 9.17) is 0 Å². The average molecular weight is 342 g/mol. The van der Waals surface area contributed by atoms with Gasteiger partial charge in [0.05, 0.1) is 0 Å². The molecule has 0 bridgehead atoms. The SMILES string of the molecule is CCCC(CCC)N1CCc2c(Br)cc(F)cc2C1=O. The summed E-state index contributed by atoms with van der Waals surface area (Å²) < 4.78 is 14.3. The van der Waals surface area contributed by atoms with Crippen LogP contribution in [-0.2, 0) is 6.42 Å². The van der Waals surface area contributed by atoms with Gasteiger partial charge in [-0.25, -0.2) is 4.39 Å². The number of carbonyl (C=O) groups excluding carboxylic acids is 1. The Bertz CT molecular complexity index is 497. The predicted molar refractivity (Wildman–Crippen MR) is 82.4 cm³/mol. The molecule has 0 saturated carbocycles. The van der Waals surface area contributed by atoms with Crippen molar-refractivity contribution in [2.24, 2.45) is 0 Å². The summed E-state index contributed by atoms with van der Waals surface area (Å²) in [5.41, 5.74) is 1.47. The molecule has 0 spiro atoms. The van der Waals surface area contributed by atoms with Gasteiger partial charge in [-0.1, -0.05) is 42.6 Å². The molecule has 0 fully saturated rings. The Morgan fingerprint density at radius 3 is 2.55 bits per heavy atom. The van der Waals surface area contributed by atoms with Crippen LogP contribution < -0.4 is 0 Å². The molecule has 0 aromatic heterocycles. The fourth-order valence-electron chi connectivity index (χ4n) is 3.01. The Hall–Kier alpha value is -0.900. The zero-order valence-electron chi connectivity index (χ0n) is 12.1. The third kappa shape index (κ3) is 3.05. The van der Waals surface area contributed by atoms with Crippen LogP contribution in [0.3, 0.4) is 0 Å². The number of carbonyl (C=O) groups is 1. The summed E-state index contributed by atoms with van der Waals surface area (Å²) in [5.74, 6) is -0.369. The highest BCUT2D eigenvalue weighted by atomic mass is 79.9. The zero-order valence-corrected chi connectivity index (χ0v) is 13.7. The van der Waals surface area contributed by atoms with Crippen LogP contribution >= 0.6 is 15.9 Å². The van der Waals surface area contributed by atoms with Gasteiger partial charge < -0.3 is 4.90 Å². The second-order valence-electron chi connectivity index (χ2n) is 5.39. The first-order chi connectivity index (χ1) is 9.58. The van der Waals surface area contributed by atoms with Crippen molar-refractivity contribution in [2.45, 2.75) is 52.0 Å². The van der Waals surface area contributed by atoms with E-state index >= 15 is 0 Å². The quantitative estimate of drug-likeness (QED) is 0.768. The number of halogens is 2. The van der Waals surface area contributed by atoms with E-state index in [1.165, 1.54) is 12.1 Å². The van der Waals surface area contributed by atoms with E-state index in [2.05, 4.69) is 29.8 Å². The van der Waals surface area contributed by atoms with Gasteiger partial charge in [-0.05, 0) is 37.0 Å². The lowest BCUT2D eigenvalue weighted by atomic mass is 9.95. The average Bonchev–Trinajstić information content (AvgIpc) is 2.40. The van der Waals surface area contributed by atoms with Crippen LogP contribution in [0.2, 0.25) is 0 Å². The van der Waals surface area contributed by atoms with E-state index in [0.717, 1.165) is 44.2 Å². The predicted octanol–water partition coefficient (Wildman–Crippen LogP) is 4.56. The maximum absolute atomic E-state index is 13.6. The number of rotatable bonds is 5. The standard InChI is InChI=1S/C16H21BrFNO/c1-3-5-12(6-4-2)19-8-7-13-14(16(19)20)9-11(18)10-15(13)17/h9-10,12H,3-8H2,1-2H3. The fraction of sp³-hybridized carbons (Fsp3) is 0.562. The van der Waals surface area contributed by atoms with Gasteiger partial charge in [-0.3, -0.25) is 4.79 Å². The van der Waals surface area contributed by atoms with Crippen LogP contribution in [0.4, 0.5) is 4.39 Å². The van der Waals surface area contributed by atoms with Crippen LogP contribution in [0.1, 0.15) is 55.5 Å². The lowest BCUT2D eigenvalue weighted by molar-refractivity contribution is 0.0636. The van der Waals surface area contributed by atoms with Crippen molar-refractivity contribution in [2.75, 3.05) is 6.54 Å². The molecule has 0 atom stereocenters. The first kappa shape index (κ1) is 15.5. The van der Waals surface area contributed by atoms with Crippen molar-refractivity contribution in [1.82, 2.24) is 4.90 Å². The molecule has 0 radical (unpaired) electrons. The van der Waals surface area contributed by atoms with Crippen molar-refractivity contribution in [3.63, 3.8) is 0 Å². The Morgan fingerprint density at radius 2 is 1.95 bits per heavy atom. The van der Waals surface area contributed by atoms with Gasteiger partial charge in [0, 0.05) is 22.6 Å². The van der Waals surface area contributed by atoms with E-state index < -0.39 is 0 Å². The molecule has 20 heavy (non-hydrogen) atoms. The summed E-state index contributed by atoms with van der Waals surface area (Å²) in [6.07, 6.45) is 4.96. The van der Waals surface area contributed by atoms with Gasteiger partial charge in [0.1, 0.15) is 5.82 Å². The van der Waals surface area contributed by atoms with E-state index in [1.807, 2.05) is 4.90 Å². The van der Waals surface area contributed by atoms with E-state index in [0.29, 0.717) is 10.0 Å².